The Balaban J connectivity index is 1.69. The molecule has 0 aliphatic heterocycles. The first-order valence-corrected chi connectivity index (χ1v) is 8.27. The van der Waals surface area contributed by atoms with Crippen molar-refractivity contribution in [2.45, 2.75) is 57.0 Å². The van der Waals surface area contributed by atoms with Crippen molar-refractivity contribution in [1.82, 2.24) is 9.88 Å². The van der Waals surface area contributed by atoms with Gasteiger partial charge in [0.25, 0.3) is 5.91 Å². The van der Waals surface area contributed by atoms with Crippen LogP contribution in [0.4, 0.5) is 10.9 Å². The average Bonchev–Trinajstić information content (AvgIpc) is 3.20. The number of nitrogens with zero attached hydrogens (tertiary/aromatic N) is 2. The summed E-state index contributed by atoms with van der Waals surface area (Å²) in [5, 5.41) is 4.09. The van der Waals surface area contributed by atoms with Gasteiger partial charge >= 0.3 is 0 Å². The average molecular weight is 294 g/mol. The van der Waals surface area contributed by atoms with Crippen LogP contribution in [0.25, 0.3) is 0 Å². The predicted molar refractivity (Wildman–Crippen MR) is 82.1 cm³/mol. The van der Waals surface area contributed by atoms with E-state index in [9.17, 15) is 4.79 Å². The summed E-state index contributed by atoms with van der Waals surface area (Å²) in [7, 11) is 1.89. The van der Waals surface area contributed by atoms with E-state index in [4.69, 9.17) is 5.73 Å². The molecule has 0 spiro atoms. The zero-order valence-corrected chi connectivity index (χ0v) is 12.7. The first-order valence-electron chi connectivity index (χ1n) is 7.45. The van der Waals surface area contributed by atoms with Crippen LogP contribution in [0.1, 0.15) is 54.6 Å². The number of carbonyl (C=O) groups excluding carboxylic acids is 1. The number of thiazole rings is 1. The maximum absolute atomic E-state index is 12.6. The van der Waals surface area contributed by atoms with E-state index in [1.807, 2.05) is 11.9 Å². The predicted octanol–water partition coefficient (Wildman–Crippen LogP) is 2.70. The minimum atomic E-state index is 0.0238. The lowest BCUT2D eigenvalue weighted by Gasteiger charge is -2.30. The summed E-state index contributed by atoms with van der Waals surface area (Å²) in [6, 6.07) is 0.886. The molecule has 0 atom stereocenters. The van der Waals surface area contributed by atoms with E-state index in [1.165, 1.54) is 43.4 Å². The van der Waals surface area contributed by atoms with Gasteiger partial charge in [0.15, 0.2) is 5.13 Å². The molecule has 0 radical (unpaired) electrons. The number of nitrogens with two attached hydrogens (primary N) is 1. The molecule has 1 amide bonds. The molecular weight excluding hydrogens is 272 g/mol. The Kier molecular flexibility index (Phi) is 3.83. The fourth-order valence-corrected chi connectivity index (χ4v) is 3.69. The highest BCUT2D eigenvalue weighted by Crippen LogP contribution is 2.32. The van der Waals surface area contributed by atoms with Crippen molar-refractivity contribution in [2.75, 3.05) is 18.1 Å². The van der Waals surface area contributed by atoms with E-state index in [1.54, 1.807) is 0 Å². The van der Waals surface area contributed by atoms with Crippen LogP contribution < -0.4 is 11.1 Å². The summed E-state index contributed by atoms with van der Waals surface area (Å²) >= 11 is 1.39. The molecule has 3 rings (SSSR count). The number of nitrogen functional groups attached to an aromatic ring is 1. The number of carbonyl (C=O) groups is 1. The third-order valence-corrected chi connectivity index (χ3v) is 5.19. The highest BCUT2D eigenvalue weighted by Gasteiger charge is 2.28. The van der Waals surface area contributed by atoms with E-state index in [0.717, 1.165) is 18.0 Å². The maximum atomic E-state index is 12.6. The Labute approximate surface area is 123 Å². The van der Waals surface area contributed by atoms with Crippen LogP contribution in [-0.2, 0) is 0 Å². The molecular formula is C14H22N4OS. The van der Waals surface area contributed by atoms with Gasteiger partial charge in [0.1, 0.15) is 10.7 Å². The highest BCUT2D eigenvalue weighted by atomic mass is 32.1. The first kappa shape index (κ1) is 13.7. The van der Waals surface area contributed by atoms with Gasteiger partial charge in [0, 0.05) is 19.1 Å². The fraction of sp³-hybridized carbons (Fsp3) is 0.714. The van der Waals surface area contributed by atoms with Crippen molar-refractivity contribution in [3.8, 4) is 0 Å². The second kappa shape index (κ2) is 5.60. The lowest BCUT2D eigenvalue weighted by atomic mass is 9.94. The van der Waals surface area contributed by atoms with Crippen molar-refractivity contribution >= 4 is 28.2 Å². The zero-order chi connectivity index (χ0) is 14.1. The molecule has 1 aromatic rings. The molecule has 0 unspecified atom stereocenters. The van der Waals surface area contributed by atoms with Gasteiger partial charge in [0.05, 0.1) is 0 Å². The van der Waals surface area contributed by atoms with Crippen LogP contribution in [0, 0.1) is 0 Å². The lowest BCUT2D eigenvalue weighted by molar-refractivity contribution is 0.0702. The van der Waals surface area contributed by atoms with Crippen LogP contribution in [-0.4, -0.2) is 34.9 Å². The zero-order valence-electron chi connectivity index (χ0n) is 11.9. The number of hydrogen-bond donors (Lipinski definition) is 2. The van der Waals surface area contributed by atoms with Crippen molar-refractivity contribution in [3.05, 3.63) is 4.88 Å². The molecule has 1 heterocycles. The van der Waals surface area contributed by atoms with Gasteiger partial charge in [-0.3, -0.25) is 4.79 Å². The molecule has 2 fully saturated rings. The van der Waals surface area contributed by atoms with Gasteiger partial charge in [-0.1, -0.05) is 30.6 Å². The summed E-state index contributed by atoms with van der Waals surface area (Å²) < 4.78 is 0. The molecule has 20 heavy (non-hydrogen) atoms. The van der Waals surface area contributed by atoms with Crippen molar-refractivity contribution in [3.63, 3.8) is 0 Å². The van der Waals surface area contributed by atoms with Gasteiger partial charge < -0.3 is 16.0 Å². The number of aromatic nitrogens is 1. The standard InChI is InChI=1S/C14H22N4OS/c1-18(10-5-3-2-4-6-10)13(19)11-12(15)17-14(20-11)16-9-7-8-9/h9-10H,2-8,15H2,1H3,(H,16,17). The van der Waals surface area contributed by atoms with Crippen molar-refractivity contribution in [2.24, 2.45) is 0 Å². The molecule has 0 aromatic carbocycles. The maximum Gasteiger partial charge on any atom is 0.267 e. The highest BCUT2D eigenvalue weighted by molar-refractivity contribution is 7.18. The normalized spacial score (nSPS) is 19.9. The Morgan fingerprint density at radius 1 is 1.30 bits per heavy atom. The Morgan fingerprint density at radius 2 is 2.00 bits per heavy atom. The van der Waals surface area contributed by atoms with Crippen molar-refractivity contribution in [1.29, 1.82) is 0 Å². The van der Waals surface area contributed by atoms with E-state index in [2.05, 4.69) is 10.3 Å². The molecule has 5 nitrogen and oxygen atoms in total. The van der Waals surface area contributed by atoms with E-state index < -0.39 is 0 Å². The second-order valence-corrected chi connectivity index (χ2v) is 6.86. The first-order chi connectivity index (χ1) is 9.65. The Morgan fingerprint density at radius 3 is 2.65 bits per heavy atom. The topological polar surface area (TPSA) is 71.2 Å². The molecule has 2 aliphatic carbocycles. The molecule has 0 saturated heterocycles. The number of hydrogen-bond acceptors (Lipinski definition) is 5. The third kappa shape index (κ3) is 2.90. The molecule has 1 aromatic heterocycles. The fourth-order valence-electron chi connectivity index (χ4n) is 2.74. The quantitative estimate of drug-likeness (QED) is 0.895. The van der Waals surface area contributed by atoms with Crippen LogP contribution in [0.5, 0.6) is 0 Å². The molecule has 6 heteroatoms. The van der Waals surface area contributed by atoms with E-state index >= 15 is 0 Å². The van der Waals surface area contributed by atoms with Gasteiger partial charge in [0.2, 0.25) is 0 Å². The van der Waals surface area contributed by atoms with E-state index in [0.29, 0.717) is 22.8 Å². The van der Waals surface area contributed by atoms with E-state index in [-0.39, 0.29) is 5.91 Å². The number of amides is 1. The summed E-state index contributed by atoms with van der Waals surface area (Å²) in [4.78, 5) is 19.3. The van der Waals surface area contributed by atoms with Crippen LogP contribution in [0.15, 0.2) is 0 Å². The molecule has 3 N–H and O–H groups in total. The second-order valence-electron chi connectivity index (χ2n) is 5.86. The minimum absolute atomic E-state index is 0.0238. The number of anilines is 2. The minimum Gasteiger partial charge on any atom is -0.382 e. The molecule has 0 bridgehead atoms. The smallest absolute Gasteiger partial charge is 0.267 e. The van der Waals surface area contributed by atoms with Crippen LogP contribution >= 0.6 is 11.3 Å². The summed E-state index contributed by atoms with van der Waals surface area (Å²) in [6.45, 7) is 0. The molecule has 110 valence electrons. The van der Waals surface area contributed by atoms with Gasteiger partial charge in [-0.15, -0.1) is 0 Å². The SMILES string of the molecule is CN(C(=O)c1sc(NC2CC2)nc1N)C1CCCCC1. The molecule has 2 aliphatic rings. The number of rotatable bonds is 4. The summed E-state index contributed by atoms with van der Waals surface area (Å²) in [5.41, 5.74) is 5.92. The summed E-state index contributed by atoms with van der Waals surface area (Å²) in [6.07, 6.45) is 8.30. The van der Waals surface area contributed by atoms with Gasteiger partial charge in [-0.05, 0) is 25.7 Å². The van der Waals surface area contributed by atoms with Gasteiger partial charge in [-0.2, -0.15) is 0 Å². The summed E-state index contributed by atoms with van der Waals surface area (Å²) in [5.74, 6) is 0.390. The number of nitrogens with one attached hydrogen (secondary N) is 1. The van der Waals surface area contributed by atoms with Crippen LogP contribution in [0.3, 0.4) is 0 Å². The van der Waals surface area contributed by atoms with Gasteiger partial charge in [-0.25, -0.2) is 4.98 Å². The third-order valence-electron chi connectivity index (χ3n) is 4.20. The lowest BCUT2D eigenvalue weighted by Crippen LogP contribution is -2.38. The monoisotopic (exact) mass is 294 g/mol. The Bertz CT molecular complexity index is 491. The molecule has 2 saturated carbocycles. The largest absolute Gasteiger partial charge is 0.382 e. The van der Waals surface area contributed by atoms with Crippen LogP contribution in [0.2, 0.25) is 0 Å². The van der Waals surface area contributed by atoms with Crippen molar-refractivity contribution < 1.29 is 4.79 Å². The Hall–Kier alpha value is -1.30.